The van der Waals surface area contributed by atoms with Gasteiger partial charge in [-0.1, -0.05) is 36.4 Å². The predicted octanol–water partition coefficient (Wildman–Crippen LogP) is 3.51. The minimum atomic E-state index is -3.60. The second-order valence-electron chi connectivity index (χ2n) is 5.11. The second-order valence-corrected chi connectivity index (χ2v) is 7.27. The minimum absolute atomic E-state index is 0.388. The van der Waals surface area contributed by atoms with E-state index in [0.717, 1.165) is 11.3 Å². The van der Waals surface area contributed by atoms with E-state index in [4.69, 9.17) is 11.6 Å². The summed E-state index contributed by atoms with van der Waals surface area (Å²) in [5, 5.41) is 0. The van der Waals surface area contributed by atoms with E-state index in [1.54, 1.807) is 12.1 Å². The zero-order valence-corrected chi connectivity index (χ0v) is 13.6. The lowest BCUT2D eigenvalue weighted by molar-refractivity contribution is 0.400. The van der Waals surface area contributed by atoms with Gasteiger partial charge < -0.3 is 0 Å². The molecule has 0 aromatic heterocycles. The summed E-state index contributed by atoms with van der Waals surface area (Å²) in [6.07, 6.45) is 0.631. The molecule has 0 N–H and O–H groups in total. The normalized spacial score (nSPS) is 17.2. The molecule has 6 heteroatoms. The van der Waals surface area contributed by atoms with Gasteiger partial charge in [-0.3, -0.25) is 0 Å². The summed E-state index contributed by atoms with van der Waals surface area (Å²) < 4.78 is 28.9. The van der Waals surface area contributed by atoms with Gasteiger partial charge in [-0.15, -0.1) is 11.6 Å². The van der Waals surface area contributed by atoms with Crippen LogP contribution in [0.5, 0.6) is 0 Å². The van der Waals surface area contributed by atoms with Gasteiger partial charge in [0.05, 0.1) is 11.4 Å². The van der Waals surface area contributed by atoms with Gasteiger partial charge >= 0.3 is 10.2 Å². The standard InChI is InChI=1S/C16H17ClN2O2S/c17-11-6-12-18-13-14-7-4-5-10-16(14)19(22(18,20)21)15-8-2-1-3-9-15/h1-5,7-10H,6,11-13H2. The van der Waals surface area contributed by atoms with Gasteiger partial charge in [-0.25, -0.2) is 4.31 Å². The van der Waals surface area contributed by atoms with Gasteiger partial charge in [-0.05, 0) is 30.2 Å². The fourth-order valence-electron chi connectivity index (χ4n) is 2.62. The second kappa shape index (κ2) is 6.28. The third-order valence-electron chi connectivity index (χ3n) is 3.65. The van der Waals surface area contributed by atoms with Crippen molar-refractivity contribution in [3.8, 4) is 0 Å². The van der Waals surface area contributed by atoms with Crippen LogP contribution in [0.1, 0.15) is 12.0 Å². The van der Waals surface area contributed by atoms with Crippen LogP contribution in [0.3, 0.4) is 0 Å². The number of alkyl halides is 1. The molecule has 0 saturated heterocycles. The Morgan fingerprint density at radius 2 is 1.68 bits per heavy atom. The Morgan fingerprint density at radius 3 is 2.41 bits per heavy atom. The average molecular weight is 337 g/mol. The number of benzene rings is 2. The van der Waals surface area contributed by atoms with Crippen molar-refractivity contribution in [1.29, 1.82) is 0 Å². The quantitative estimate of drug-likeness (QED) is 0.802. The molecule has 2 aromatic rings. The first kappa shape index (κ1) is 15.3. The van der Waals surface area contributed by atoms with Gasteiger partial charge in [0.25, 0.3) is 0 Å². The van der Waals surface area contributed by atoms with Crippen LogP contribution in [0, 0.1) is 0 Å². The molecular weight excluding hydrogens is 320 g/mol. The maximum atomic E-state index is 13.0. The number of hydrogen-bond acceptors (Lipinski definition) is 2. The maximum absolute atomic E-state index is 13.0. The largest absolute Gasteiger partial charge is 0.308 e. The summed E-state index contributed by atoms with van der Waals surface area (Å²) in [4.78, 5) is 0. The Bertz CT molecular complexity index is 750. The molecule has 0 bridgehead atoms. The van der Waals surface area contributed by atoms with Gasteiger partial charge in [0.1, 0.15) is 0 Å². The number of nitrogens with zero attached hydrogens (tertiary/aromatic N) is 2. The van der Waals surface area contributed by atoms with Crippen LogP contribution in [-0.4, -0.2) is 25.1 Å². The van der Waals surface area contributed by atoms with Crippen molar-refractivity contribution in [3.05, 3.63) is 60.2 Å². The molecule has 0 radical (unpaired) electrons. The molecule has 22 heavy (non-hydrogen) atoms. The first-order valence-corrected chi connectivity index (χ1v) is 9.07. The molecule has 1 aliphatic rings. The highest BCUT2D eigenvalue weighted by molar-refractivity contribution is 7.90. The number of halogens is 1. The van der Waals surface area contributed by atoms with Gasteiger partial charge in [-0.2, -0.15) is 12.7 Å². The van der Waals surface area contributed by atoms with E-state index >= 15 is 0 Å². The Kier molecular flexibility index (Phi) is 4.38. The van der Waals surface area contributed by atoms with E-state index in [1.165, 1.54) is 8.61 Å². The van der Waals surface area contributed by atoms with Crippen LogP contribution >= 0.6 is 11.6 Å². The Labute approximate surface area is 136 Å². The zero-order chi connectivity index (χ0) is 15.6. The van der Waals surface area contributed by atoms with Crippen LogP contribution < -0.4 is 4.31 Å². The fraction of sp³-hybridized carbons (Fsp3) is 0.250. The number of rotatable bonds is 4. The van der Waals surface area contributed by atoms with E-state index in [0.29, 0.717) is 31.1 Å². The van der Waals surface area contributed by atoms with Gasteiger partial charge in [0, 0.05) is 19.0 Å². The Balaban J connectivity index is 2.12. The van der Waals surface area contributed by atoms with Crippen molar-refractivity contribution < 1.29 is 8.42 Å². The third-order valence-corrected chi connectivity index (χ3v) is 5.75. The first-order chi connectivity index (χ1) is 10.6. The van der Waals surface area contributed by atoms with Crippen LogP contribution in [-0.2, 0) is 16.8 Å². The van der Waals surface area contributed by atoms with Crippen molar-refractivity contribution in [2.24, 2.45) is 0 Å². The summed E-state index contributed by atoms with van der Waals surface area (Å²) in [7, 11) is -3.60. The number of fused-ring (bicyclic) bond motifs is 1. The van der Waals surface area contributed by atoms with Crippen molar-refractivity contribution in [3.63, 3.8) is 0 Å². The summed E-state index contributed by atoms with van der Waals surface area (Å²) in [5.41, 5.74) is 2.36. The molecule has 1 aliphatic heterocycles. The molecule has 0 unspecified atom stereocenters. The van der Waals surface area contributed by atoms with E-state index in [2.05, 4.69) is 0 Å². The van der Waals surface area contributed by atoms with E-state index in [9.17, 15) is 8.42 Å². The molecule has 4 nitrogen and oxygen atoms in total. The highest BCUT2D eigenvalue weighted by Crippen LogP contribution is 2.37. The first-order valence-electron chi connectivity index (χ1n) is 7.14. The number of anilines is 2. The SMILES string of the molecule is O=S1(=O)N(CCCCl)Cc2ccccc2N1c1ccccc1. The smallest absolute Gasteiger partial charge is 0.225 e. The highest BCUT2D eigenvalue weighted by Gasteiger charge is 2.36. The van der Waals surface area contributed by atoms with Crippen LogP contribution in [0.15, 0.2) is 54.6 Å². The third kappa shape index (κ3) is 2.72. The van der Waals surface area contributed by atoms with Crippen molar-refractivity contribution >= 4 is 33.2 Å². The van der Waals surface area contributed by atoms with E-state index in [-0.39, 0.29) is 0 Å². The summed E-state index contributed by atoms with van der Waals surface area (Å²) in [5.74, 6) is 0.443. The van der Waals surface area contributed by atoms with Crippen molar-refractivity contribution in [2.45, 2.75) is 13.0 Å². The maximum Gasteiger partial charge on any atom is 0.308 e. The lowest BCUT2D eigenvalue weighted by Gasteiger charge is -2.37. The van der Waals surface area contributed by atoms with Gasteiger partial charge in [0.2, 0.25) is 0 Å². The highest BCUT2D eigenvalue weighted by atomic mass is 35.5. The molecule has 0 spiro atoms. The van der Waals surface area contributed by atoms with Crippen LogP contribution in [0.4, 0.5) is 11.4 Å². The molecule has 0 aliphatic carbocycles. The van der Waals surface area contributed by atoms with Crippen molar-refractivity contribution in [1.82, 2.24) is 4.31 Å². The molecule has 0 fully saturated rings. The molecule has 2 aromatic carbocycles. The average Bonchev–Trinajstić information content (AvgIpc) is 2.53. The Morgan fingerprint density at radius 1 is 1.00 bits per heavy atom. The molecule has 1 heterocycles. The topological polar surface area (TPSA) is 40.6 Å². The van der Waals surface area contributed by atoms with Crippen molar-refractivity contribution in [2.75, 3.05) is 16.7 Å². The summed E-state index contributed by atoms with van der Waals surface area (Å²) in [6, 6.07) is 16.8. The predicted molar refractivity (Wildman–Crippen MR) is 89.7 cm³/mol. The summed E-state index contributed by atoms with van der Waals surface area (Å²) >= 11 is 5.73. The molecule has 0 saturated carbocycles. The summed E-state index contributed by atoms with van der Waals surface area (Å²) in [6.45, 7) is 0.808. The van der Waals surface area contributed by atoms with E-state index in [1.807, 2.05) is 42.5 Å². The molecule has 116 valence electrons. The van der Waals surface area contributed by atoms with Gasteiger partial charge in [0.15, 0.2) is 0 Å². The zero-order valence-electron chi connectivity index (χ0n) is 12.0. The fourth-order valence-corrected chi connectivity index (χ4v) is 4.45. The minimum Gasteiger partial charge on any atom is -0.225 e. The molecule has 0 amide bonds. The van der Waals surface area contributed by atoms with Crippen LogP contribution in [0.2, 0.25) is 0 Å². The lowest BCUT2D eigenvalue weighted by atomic mass is 10.1. The molecular formula is C16H17ClN2O2S. The number of hydrogen-bond donors (Lipinski definition) is 0. The molecule has 0 atom stereocenters. The Hall–Kier alpha value is -1.56. The molecule has 3 rings (SSSR count). The number of para-hydroxylation sites is 2. The van der Waals surface area contributed by atoms with Crippen LogP contribution in [0.25, 0.3) is 0 Å². The lowest BCUT2D eigenvalue weighted by Crippen LogP contribution is -2.45. The van der Waals surface area contributed by atoms with E-state index < -0.39 is 10.2 Å². The monoisotopic (exact) mass is 336 g/mol.